The number of aryl methyl sites for hydroxylation is 2. The third-order valence-electron chi connectivity index (χ3n) is 4.68. The van der Waals surface area contributed by atoms with Gasteiger partial charge in [-0.05, 0) is 49.4 Å². The third kappa shape index (κ3) is 5.14. The maximum absolute atomic E-state index is 5.46. The topological polar surface area (TPSA) is 63.2 Å². The van der Waals surface area contributed by atoms with E-state index in [1.165, 1.54) is 15.3 Å². The Labute approximate surface area is 179 Å². The Morgan fingerprint density at radius 2 is 1.90 bits per heavy atom. The van der Waals surface area contributed by atoms with Gasteiger partial charge < -0.3 is 10.1 Å². The van der Waals surface area contributed by atoms with E-state index in [4.69, 9.17) is 14.7 Å². The number of aromatic nitrogens is 3. The van der Waals surface area contributed by atoms with E-state index in [1.807, 2.05) is 6.07 Å². The summed E-state index contributed by atoms with van der Waals surface area (Å²) in [5.41, 5.74) is 5.39. The average molecular weight is 428 g/mol. The number of ether oxygens (including phenoxy) is 1. The first-order valence-corrected chi connectivity index (χ1v) is 11.7. The van der Waals surface area contributed by atoms with Gasteiger partial charge in [-0.3, -0.25) is 4.90 Å². The molecular weight excluding hydrogens is 402 g/mol. The lowest BCUT2D eigenvalue weighted by molar-refractivity contribution is 0.0334. The minimum Gasteiger partial charge on any atom is -0.379 e. The van der Waals surface area contributed by atoms with Crippen molar-refractivity contribution in [3.63, 3.8) is 0 Å². The van der Waals surface area contributed by atoms with Crippen LogP contribution in [0.25, 0.3) is 10.7 Å². The van der Waals surface area contributed by atoms with Crippen molar-refractivity contribution in [2.75, 3.05) is 37.9 Å². The predicted molar refractivity (Wildman–Crippen MR) is 120 cm³/mol. The van der Waals surface area contributed by atoms with Crippen LogP contribution in [0, 0.1) is 13.8 Å². The zero-order valence-electron chi connectivity index (χ0n) is 16.9. The van der Waals surface area contributed by atoms with Gasteiger partial charge in [0, 0.05) is 31.5 Å². The number of benzene rings is 1. The summed E-state index contributed by atoms with van der Waals surface area (Å²) in [6, 6.07) is 8.27. The van der Waals surface area contributed by atoms with Gasteiger partial charge in [-0.2, -0.15) is 0 Å². The van der Waals surface area contributed by atoms with Crippen LogP contribution < -0.4 is 5.32 Å². The van der Waals surface area contributed by atoms with Crippen LogP contribution in [0.15, 0.2) is 34.7 Å². The Bertz CT molecular complexity index is 965. The Morgan fingerprint density at radius 3 is 2.62 bits per heavy atom. The summed E-state index contributed by atoms with van der Waals surface area (Å²) in [4.78, 5) is 16.4. The van der Waals surface area contributed by atoms with E-state index in [9.17, 15) is 0 Å². The number of hydrogen-bond donors (Lipinski definition) is 1. The fraction of sp³-hybridized carbons (Fsp3) is 0.381. The maximum Gasteiger partial charge on any atom is 0.227 e. The number of hydrogen-bond acceptors (Lipinski definition) is 8. The first-order valence-electron chi connectivity index (χ1n) is 9.63. The number of nitrogens with one attached hydrogen (secondary N) is 1. The summed E-state index contributed by atoms with van der Waals surface area (Å²) in [5, 5.41) is 4.26. The fourth-order valence-electron chi connectivity index (χ4n) is 3.39. The third-order valence-corrected chi connectivity index (χ3v) is 6.95. The van der Waals surface area contributed by atoms with E-state index in [2.05, 4.69) is 53.5 Å². The van der Waals surface area contributed by atoms with Crippen molar-refractivity contribution in [3.05, 3.63) is 47.3 Å². The maximum atomic E-state index is 5.46. The highest BCUT2D eigenvalue weighted by molar-refractivity contribution is 8.00. The molecule has 0 amide bonds. The Hall–Kier alpha value is -2.00. The summed E-state index contributed by atoms with van der Waals surface area (Å²) in [5.74, 6) is 0.586. The lowest BCUT2D eigenvalue weighted by Crippen LogP contribution is -2.35. The standard InChI is InChI=1S/C21H25N5OS2/c1-14-10-15(2)12-16(11-14)23-21-22-5-4-17(25-21)19-24-18(20(28-3)29-19)13-26-6-8-27-9-7-26/h4-5,10-12H,6-9,13H2,1-3H3,(H,22,23,25). The first-order chi connectivity index (χ1) is 14.1. The van der Waals surface area contributed by atoms with Gasteiger partial charge in [0.1, 0.15) is 10.7 Å². The van der Waals surface area contributed by atoms with Crippen molar-refractivity contribution in [3.8, 4) is 10.7 Å². The zero-order chi connectivity index (χ0) is 20.2. The van der Waals surface area contributed by atoms with Crippen LogP contribution in [-0.2, 0) is 11.3 Å². The van der Waals surface area contributed by atoms with Crippen LogP contribution in [-0.4, -0.2) is 52.4 Å². The smallest absolute Gasteiger partial charge is 0.227 e. The SMILES string of the molecule is CSc1sc(-c2ccnc(Nc3cc(C)cc(C)c3)n2)nc1CN1CCOCC1. The summed E-state index contributed by atoms with van der Waals surface area (Å²) in [6.45, 7) is 8.54. The molecule has 0 saturated carbocycles. The number of rotatable bonds is 6. The Kier molecular flexibility index (Phi) is 6.44. The molecule has 3 aromatic rings. The molecule has 1 saturated heterocycles. The average Bonchev–Trinajstić information content (AvgIpc) is 3.11. The zero-order valence-corrected chi connectivity index (χ0v) is 18.6. The van der Waals surface area contributed by atoms with Crippen LogP contribution in [0.4, 0.5) is 11.6 Å². The van der Waals surface area contributed by atoms with Gasteiger partial charge in [-0.25, -0.2) is 15.0 Å². The second-order valence-corrected chi connectivity index (χ2v) is 9.19. The normalized spacial score (nSPS) is 14.9. The largest absolute Gasteiger partial charge is 0.379 e. The lowest BCUT2D eigenvalue weighted by atomic mass is 10.1. The number of thioether (sulfide) groups is 1. The minimum atomic E-state index is 0.586. The van der Waals surface area contributed by atoms with Crippen LogP contribution in [0.3, 0.4) is 0 Å². The molecule has 0 spiro atoms. The van der Waals surface area contributed by atoms with Crippen LogP contribution in [0.2, 0.25) is 0 Å². The summed E-state index contributed by atoms with van der Waals surface area (Å²) >= 11 is 3.45. The summed E-state index contributed by atoms with van der Waals surface area (Å²) in [7, 11) is 0. The molecule has 1 N–H and O–H groups in total. The van der Waals surface area contributed by atoms with E-state index < -0.39 is 0 Å². The molecule has 1 fully saturated rings. The minimum absolute atomic E-state index is 0.586. The van der Waals surface area contributed by atoms with Gasteiger partial charge in [0.25, 0.3) is 0 Å². The molecule has 0 radical (unpaired) electrons. The predicted octanol–water partition coefficient (Wildman–Crippen LogP) is 4.51. The van der Waals surface area contributed by atoms with E-state index in [-0.39, 0.29) is 0 Å². The molecule has 1 aliphatic rings. The molecule has 0 aliphatic carbocycles. The molecule has 3 heterocycles. The second kappa shape index (κ2) is 9.21. The quantitative estimate of drug-likeness (QED) is 0.581. The molecule has 29 heavy (non-hydrogen) atoms. The van der Waals surface area contributed by atoms with E-state index in [1.54, 1.807) is 29.3 Å². The van der Waals surface area contributed by atoms with Gasteiger partial charge in [-0.1, -0.05) is 6.07 Å². The number of nitrogens with zero attached hydrogens (tertiary/aromatic N) is 4. The van der Waals surface area contributed by atoms with Gasteiger partial charge in [0.2, 0.25) is 5.95 Å². The van der Waals surface area contributed by atoms with Crippen LogP contribution >= 0.6 is 23.1 Å². The van der Waals surface area contributed by atoms with Crippen LogP contribution in [0.1, 0.15) is 16.8 Å². The number of morpholine rings is 1. The van der Waals surface area contributed by atoms with E-state index in [0.717, 1.165) is 54.9 Å². The second-order valence-electron chi connectivity index (χ2n) is 7.11. The molecule has 8 heteroatoms. The highest BCUT2D eigenvalue weighted by Gasteiger charge is 2.18. The lowest BCUT2D eigenvalue weighted by Gasteiger charge is -2.25. The molecule has 0 unspecified atom stereocenters. The van der Waals surface area contributed by atoms with Crippen molar-refractivity contribution >= 4 is 34.7 Å². The molecule has 2 aromatic heterocycles. The number of thiazole rings is 1. The summed E-state index contributed by atoms with van der Waals surface area (Å²) < 4.78 is 6.70. The van der Waals surface area contributed by atoms with Gasteiger partial charge in [0.15, 0.2) is 0 Å². The molecular formula is C21H25N5OS2. The molecule has 0 atom stereocenters. The van der Waals surface area contributed by atoms with Crippen molar-refractivity contribution in [2.24, 2.45) is 0 Å². The molecule has 0 bridgehead atoms. The number of anilines is 2. The molecule has 6 nitrogen and oxygen atoms in total. The summed E-state index contributed by atoms with van der Waals surface area (Å²) in [6.07, 6.45) is 3.89. The van der Waals surface area contributed by atoms with E-state index in [0.29, 0.717) is 5.95 Å². The first kappa shape index (κ1) is 20.3. The van der Waals surface area contributed by atoms with Crippen molar-refractivity contribution in [2.45, 2.75) is 24.6 Å². The monoisotopic (exact) mass is 427 g/mol. The molecule has 152 valence electrons. The van der Waals surface area contributed by atoms with Crippen molar-refractivity contribution in [1.82, 2.24) is 19.9 Å². The van der Waals surface area contributed by atoms with Gasteiger partial charge in [0.05, 0.1) is 23.1 Å². The highest BCUT2D eigenvalue weighted by Crippen LogP contribution is 2.34. The molecule has 4 rings (SSSR count). The Balaban J connectivity index is 1.55. The van der Waals surface area contributed by atoms with Crippen molar-refractivity contribution in [1.29, 1.82) is 0 Å². The van der Waals surface area contributed by atoms with Crippen molar-refractivity contribution < 1.29 is 4.74 Å². The molecule has 1 aliphatic heterocycles. The fourth-order valence-corrected chi connectivity index (χ4v) is 5.09. The van der Waals surface area contributed by atoms with E-state index >= 15 is 0 Å². The van der Waals surface area contributed by atoms with Gasteiger partial charge in [-0.15, -0.1) is 23.1 Å². The van der Waals surface area contributed by atoms with Gasteiger partial charge >= 0.3 is 0 Å². The highest BCUT2D eigenvalue weighted by atomic mass is 32.2. The molecule has 1 aromatic carbocycles. The Morgan fingerprint density at radius 1 is 1.14 bits per heavy atom. The van der Waals surface area contributed by atoms with Crippen LogP contribution in [0.5, 0.6) is 0 Å².